The lowest BCUT2D eigenvalue weighted by Gasteiger charge is -2.21. The van der Waals surface area contributed by atoms with E-state index in [1.54, 1.807) is 19.2 Å². The smallest absolute Gasteiger partial charge is 0.238 e. The van der Waals surface area contributed by atoms with Crippen LogP contribution in [-0.4, -0.2) is 62.7 Å². The zero-order chi connectivity index (χ0) is 18.8. The van der Waals surface area contributed by atoms with Gasteiger partial charge in [0.25, 0.3) is 0 Å². The fourth-order valence-electron chi connectivity index (χ4n) is 2.96. The first-order valence-electron chi connectivity index (χ1n) is 9.16. The minimum Gasteiger partial charge on any atom is -0.495 e. The molecule has 2 N–H and O–H groups in total. The fourth-order valence-corrected chi connectivity index (χ4v) is 2.96. The summed E-state index contributed by atoms with van der Waals surface area (Å²) in [5.74, 6) is 0.353. The maximum atomic E-state index is 12.4. The fraction of sp³-hybridized carbons (Fsp3) is 0.579. The van der Waals surface area contributed by atoms with Crippen LogP contribution in [0, 0.1) is 0 Å². The number of amides is 2. The van der Waals surface area contributed by atoms with Crippen molar-refractivity contribution in [1.29, 1.82) is 0 Å². The molecular formula is C19H29N3O4. The van der Waals surface area contributed by atoms with Crippen LogP contribution in [0.15, 0.2) is 24.3 Å². The van der Waals surface area contributed by atoms with Gasteiger partial charge in [-0.3, -0.25) is 14.5 Å². The number of nitrogens with one attached hydrogen (secondary N) is 2. The molecule has 1 aliphatic rings. The van der Waals surface area contributed by atoms with Crippen LogP contribution in [0.25, 0.3) is 0 Å². The third-order valence-corrected chi connectivity index (χ3v) is 4.21. The number of hydrogen-bond donors (Lipinski definition) is 2. The first-order valence-corrected chi connectivity index (χ1v) is 9.16. The normalized spacial score (nSPS) is 16.5. The van der Waals surface area contributed by atoms with Gasteiger partial charge in [-0.2, -0.15) is 0 Å². The molecule has 1 aliphatic heterocycles. The Bertz CT molecular complexity index is 588. The molecule has 144 valence electrons. The number of anilines is 1. The molecule has 1 fully saturated rings. The Labute approximate surface area is 155 Å². The molecule has 1 aromatic rings. The number of rotatable bonds is 10. The van der Waals surface area contributed by atoms with Crippen molar-refractivity contribution in [2.45, 2.75) is 32.3 Å². The highest BCUT2D eigenvalue weighted by Gasteiger charge is 2.18. The lowest BCUT2D eigenvalue weighted by molar-refractivity contribution is -0.123. The topological polar surface area (TPSA) is 79.9 Å². The molecule has 1 aromatic carbocycles. The van der Waals surface area contributed by atoms with Crippen molar-refractivity contribution in [3.8, 4) is 5.75 Å². The summed E-state index contributed by atoms with van der Waals surface area (Å²) in [5.41, 5.74) is 0.624. The molecule has 7 heteroatoms. The summed E-state index contributed by atoms with van der Waals surface area (Å²) in [6.45, 7) is 4.35. The summed E-state index contributed by atoms with van der Waals surface area (Å²) >= 11 is 0. The predicted octanol–water partition coefficient (Wildman–Crippen LogP) is 1.64. The van der Waals surface area contributed by atoms with Gasteiger partial charge in [0, 0.05) is 13.2 Å². The second kappa shape index (κ2) is 10.8. The molecule has 0 radical (unpaired) electrons. The monoisotopic (exact) mass is 363 g/mol. The largest absolute Gasteiger partial charge is 0.495 e. The predicted molar refractivity (Wildman–Crippen MR) is 100 cm³/mol. The highest BCUT2D eigenvalue weighted by atomic mass is 16.5. The zero-order valence-corrected chi connectivity index (χ0v) is 15.6. The van der Waals surface area contributed by atoms with E-state index in [9.17, 15) is 9.59 Å². The van der Waals surface area contributed by atoms with Gasteiger partial charge in [0.1, 0.15) is 5.75 Å². The van der Waals surface area contributed by atoms with Crippen LogP contribution in [0.4, 0.5) is 5.69 Å². The zero-order valence-electron chi connectivity index (χ0n) is 15.6. The van der Waals surface area contributed by atoms with E-state index in [1.807, 2.05) is 24.0 Å². The van der Waals surface area contributed by atoms with Crippen LogP contribution in [0.1, 0.15) is 26.2 Å². The molecule has 0 spiro atoms. The molecule has 2 amide bonds. The average Bonchev–Trinajstić information content (AvgIpc) is 3.14. The molecule has 1 heterocycles. The van der Waals surface area contributed by atoms with Crippen molar-refractivity contribution in [2.24, 2.45) is 0 Å². The van der Waals surface area contributed by atoms with Crippen molar-refractivity contribution in [1.82, 2.24) is 10.2 Å². The number of carbonyl (C=O) groups is 2. The van der Waals surface area contributed by atoms with E-state index in [4.69, 9.17) is 9.47 Å². The molecule has 0 bridgehead atoms. The third kappa shape index (κ3) is 6.65. The minimum atomic E-state index is -0.171. The second-order valence-corrected chi connectivity index (χ2v) is 6.40. The van der Waals surface area contributed by atoms with Crippen LogP contribution in [0.2, 0.25) is 0 Å². The van der Waals surface area contributed by atoms with Gasteiger partial charge in [-0.1, -0.05) is 19.1 Å². The van der Waals surface area contributed by atoms with Gasteiger partial charge in [0.15, 0.2) is 0 Å². The number of benzene rings is 1. The summed E-state index contributed by atoms with van der Waals surface area (Å²) < 4.78 is 10.7. The number of para-hydroxylation sites is 2. The number of hydrogen-bond acceptors (Lipinski definition) is 5. The Kier molecular flexibility index (Phi) is 8.37. The maximum Gasteiger partial charge on any atom is 0.238 e. The van der Waals surface area contributed by atoms with E-state index in [2.05, 4.69) is 10.6 Å². The van der Waals surface area contributed by atoms with E-state index < -0.39 is 0 Å². The number of methoxy groups -OCH3 is 1. The number of carbonyl (C=O) groups excluding carboxylic acids is 2. The standard InChI is InChI=1S/C19H29N3O4/c1-3-10-22(13-18(23)20-12-15-7-6-11-26-15)14-19(24)21-16-8-4-5-9-17(16)25-2/h4-5,8-9,15H,3,6-7,10-14H2,1-2H3,(H,20,23)(H,21,24). The highest BCUT2D eigenvalue weighted by Crippen LogP contribution is 2.22. The lowest BCUT2D eigenvalue weighted by atomic mass is 10.2. The van der Waals surface area contributed by atoms with Crippen LogP contribution >= 0.6 is 0 Å². The van der Waals surface area contributed by atoms with Gasteiger partial charge in [-0.25, -0.2) is 0 Å². The van der Waals surface area contributed by atoms with E-state index >= 15 is 0 Å². The van der Waals surface area contributed by atoms with Gasteiger partial charge < -0.3 is 20.1 Å². The van der Waals surface area contributed by atoms with Crippen LogP contribution in [-0.2, 0) is 14.3 Å². The van der Waals surface area contributed by atoms with Crippen molar-refractivity contribution in [2.75, 3.05) is 45.2 Å². The lowest BCUT2D eigenvalue weighted by Crippen LogP contribution is -2.43. The Balaban J connectivity index is 1.81. The molecular weight excluding hydrogens is 334 g/mol. The molecule has 1 saturated heterocycles. The van der Waals surface area contributed by atoms with Crippen LogP contribution in [0.3, 0.4) is 0 Å². The van der Waals surface area contributed by atoms with Gasteiger partial charge in [0.05, 0.1) is 32.0 Å². The van der Waals surface area contributed by atoms with Crippen molar-refractivity contribution < 1.29 is 19.1 Å². The van der Waals surface area contributed by atoms with Gasteiger partial charge >= 0.3 is 0 Å². The molecule has 7 nitrogen and oxygen atoms in total. The third-order valence-electron chi connectivity index (χ3n) is 4.21. The molecule has 0 saturated carbocycles. The average molecular weight is 363 g/mol. The van der Waals surface area contributed by atoms with Crippen molar-refractivity contribution >= 4 is 17.5 Å². The molecule has 2 rings (SSSR count). The molecule has 1 unspecified atom stereocenters. The summed E-state index contributed by atoms with van der Waals surface area (Å²) in [5, 5.41) is 5.74. The van der Waals surface area contributed by atoms with Gasteiger partial charge in [-0.05, 0) is 37.9 Å². The Morgan fingerprint density at radius 2 is 2.04 bits per heavy atom. The van der Waals surface area contributed by atoms with Crippen molar-refractivity contribution in [3.05, 3.63) is 24.3 Å². The van der Waals surface area contributed by atoms with E-state index in [0.717, 1.165) is 25.9 Å². The molecule has 1 atom stereocenters. The first-order chi connectivity index (χ1) is 12.6. The summed E-state index contributed by atoms with van der Waals surface area (Å²) in [7, 11) is 1.56. The highest BCUT2D eigenvalue weighted by molar-refractivity contribution is 5.94. The van der Waals surface area contributed by atoms with E-state index in [1.165, 1.54) is 0 Å². The maximum absolute atomic E-state index is 12.4. The molecule has 0 aromatic heterocycles. The van der Waals surface area contributed by atoms with E-state index in [-0.39, 0.29) is 31.0 Å². The van der Waals surface area contributed by atoms with Gasteiger partial charge in [0.2, 0.25) is 11.8 Å². The Hall–Kier alpha value is -2.12. The minimum absolute atomic E-state index is 0.0842. The Morgan fingerprint density at radius 1 is 1.27 bits per heavy atom. The number of nitrogens with zero attached hydrogens (tertiary/aromatic N) is 1. The second-order valence-electron chi connectivity index (χ2n) is 6.40. The van der Waals surface area contributed by atoms with Gasteiger partial charge in [-0.15, -0.1) is 0 Å². The molecule has 0 aliphatic carbocycles. The SMILES string of the molecule is CCCN(CC(=O)NCC1CCCO1)CC(=O)Nc1ccccc1OC. The Morgan fingerprint density at radius 3 is 2.73 bits per heavy atom. The summed E-state index contributed by atoms with van der Waals surface area (Å²) in [6.07, 6.45) is 3.01. The quantitative estimate of drug-likeness (QED) is 0.661. The number of ether oxygens (including phenoxy) is 2. The summed E-state index contributed by atoms with van der Waals surface area (Å²) in [6, 6.07) is 7.25. The van der Waals surface area contributed by atoms with E-state index in [0.29, 0.717) is 24.5 Å². The van der Waals surface area contributed by atoms with Crippen LogP contribution in [0.5, 0.6) is 5.75 Å². The first kappa shape index (κ1) is 20.2. The van der Waals surface area contributed by atoms with Crippen LogP contribution < -0.4 is 15.4 Å². The summed E-state index contributed by atoms with van der Waals surface area (Å²) in [4.78, 5) is 26.4. The van der Waals surface area contributed by atoms with Crippen molar-refractivity contribution in [3.63, 3.8) is 0 Å². The molecule has 26 heavy (non-hydrogen) atoms.